The minimum atomic E-state index is 0.338. The first kappa shape index (κ1) is 20.7. The highest BCUT2D eigenvalue weighted by atomic mass is 15.1. The number of hydrogen-bond donors (Lipinski definition) is 3. The number of rotatable bonds is 5. The molecule has 7 heteroatoms. The molecule has 0 spiro atoms. The molecule has 34 heavy (non-hydrogen) atoms. The SMILES string of the molecule is CC(C)Nc1cncc(-c2ccc3[nH]nc(-c4cc5c(N6CCCCC6)cccc5[nH]4)c3n2)c1. The number of nitrogens with zero attached hydrogens (tertiary/aromatic N) is 4. The van der Waals surface area contributed by atoms with Crippen LogP contribution in [0.25, 0.3) is 44.6 Å². The summed E-state index contributed by atoms with van der Waals surface area (Å²) in [4.78, 5) is 15.5. The molecule has 0 atom stereocenters. The molecule has 7 nitrogen and oxygen atoms in total. The Balaban J connectivity index is 1.41. The summed E-state index contributed by atoms with van der Waals surface area (Å²) in [5.74, 6) is 0. The van der Waals surface area contributed by atoms with E-state index >= 15 is 0 Å². The van der Waals surface area contributed by atoms with Gasteiger partial charge in [0.1, 0.15) is 11.2 Å². The van der Waals surface area contributed by atoms with Gasteiger partial charge in [-0.05, 0) is 69.5 Å². The van der Waals surface area contributed by atoms with Gasteiger partial charge in [0.25, 0.3) is 0 Å². The Labute approximate surface area is 198 Å². The van der Waals surface area contributed by atoms with E-state index in [0.29, 0.717) is 6.04 Å². The van der Waals surface area contributed by atoms with Crippen LogP contribution < -0.4 is 10.2 Å². The fraction of sp³-hybridized carbons (Fsp3) is 0.296. The Kier molecular flexibility index (Phi) is 5.17. The van der Waals surface area contributed by atoms with Gasteiger partial charge in [0.15, 0.2) is 0 Å². The predicted molar refractivity (Wildman–Crippen MR) is 139 cm³/mol. The van der Waals surface area contributed by atoms with Crippen LogP contribution in [0, 0.1) is 0 Å². The summed E-state index contributed by atoms with van der Waals surface area (Å²) in [5, 5.41) is 12.4. The second-order valence-electron chi connectivity index (χ2n) is 9.40. The van der Waals surface area contributed by atoms with Gasteiger partial charge in [0.2, 0.25) is 0 Å². The maximum absolute atomic E-state index is 4.99. The summed E-state index contributed by atoms with van der Waals surface area (Å²) in [7, 11) is 0. The Hall–Kier alpha value is -3.87. The van der Waals surface area contributed by atoms with E-state index in [4.69, 9.17) is 4.98 Å². The maximum atomic E-state index is 4.99. The molecule has 1 aromatic carbocycles. The predicted octanol–water partition coefficient (Wildman–Crippen LogP) is 5.98. The summed E-state index contributed by atoms with van der Waals surface area (Å²) >= 11 is 0. The summed E-state index contributed by atoms with van der Waals surface area (Å²) in [6.45, 7) is 6.47. The molecule has 3 N–H and O–H groups in total. The van der Waals surface area contributed by atoms with Gasteiger partial charge < -0.3 is 15.2 Å². The molecule has 1 aliphatic heterocycles. The van der Waals surface area contributed by atoms with E-state index in [1.807, 2.05) is 24.5 Å². The summed E-state index contributed by atoms with van der Waals surface area (Å²) in [6, 6.07) is 15.2. The lowest BCUT2D eigenvalue weighted by atomic mass is 10.1. The number of nitrogens with one attached hydrogen (secondary N) is 3. The molecular weight excluding hydrogens is 422 g/mol. The lowest BCUT2D eigenvalue weighted by Gasteiger charge is -2.29. The fourth-order valence-corrected chi connectivity index (χ4v) is 4.92. The van der Waals surface area contributed by atoms with Gasteiger partial charge in [-0.15, -0.1) is 0 Å². The molecule has 0 aliphatic carbocycles. The zero-order valence-corrected chi connectivity index (χ0v) is 19.6. The van der Waals surface area contributed by atoms with E-state index in [-0.39, 0.29) is 0 Å². The molecule has 0 bridgehead atoms. The molecule has 6 rings (SSSR count). The van der Waals surface area contributed by atoms with E-state index in [2.05, 4.69) is 74.6 Å². The molecule has 0 amide bonds. The first-order valence-corrected chi connectivity index (χ1v) is 12.1. The minimum absolute atomic E-state index is 0.338. The lowest BCUT2D eigenvalue weighted by molar-refractivity contribution is 0.579. The number of pyridine rings is 2. The number of anilines is 2. The van der Waals surface area contributed by atoms with E-state index in [1.54, 1.807) is 0 Å². The van der Waals surface area contributed by atoms with Crippen molar-refractivity contribution < 1.29 is 0 Å². The molecule has 1 aliphatic rings. The Bertz CT molecular complexity index is 1460. The van der Waals surface area contributed by atoms with E-state index in [1.165, 1.54) is 30.3 Å². The van der Waals surface area contributed by atoms with Crippen LogP contribution in [0.5, 0.6) is 0 Å². The summed E-state index contributed by atoms with van der Waals surface area (Å²) < 4.78 is 0. The Morgan fingerprint density at radius 1 is 0.971 bits per heavy atom. The van der Waals surface area contributed by atoms with Crippen molar-refractivity contribution in [3.05, 3.63) is 54.9 Å². The third-order valence-electron chi connectivity index (χ3n) is 6.49. The largest absolute Gasteiger partial charge is 0.382 e. The van der Waals surface area contributed by atoms with Crippen LogP contribution >= 0.6 is 0 Å². The molecular formula is C27H29N7. The van der Waals surface area contributed by atoms with Crippen molar-refractivity contribution in [1.82, 2.24) is 25.1 Å². The van der Waals surface area contributed by atoms with Crippen molar-refractivity contribution in [2.45, 2.75) is 39.2 Å². The van der Waals surface area contributed by atoms with Gasteiger partial charge in [0, 0.05) is 53.7 Å². The minimum Gasteiger partial charge on any atom is -0.382 e. The van der Waals surface area contributed by atoms with Gasteiger partial charge in [-0.3, -0.25) is 10.1 Å². The molecule has 0 unspecified atom stereocenters. The van der Waals surface area contributed by atoms with Crippen molar-refractivity contribution in [2.75, 3.05) is 23.3 Å². The van der Waals surface area contributed by atoms with Crippen LogP contribution in [0.2, 0.25) is 0 Å². The number of piperidine rings is 1. The monoisotopic (exact) mass is 451 g/mol. The molecule has 0 saturated carbocycles. The first-order valence-electron chi connectivity index (χ1n) is 12.1. The second-order valence-corrected chi connectivity index (χ2v) is 9.40. The summed E-state index contributed by atoms with van der Waals surface area (Å²) in [6.07, 6.45) is 7.54. The standard InChI is InChI=1S/C27H29N7/c1-17(2)29-19-13-18(15-28-16-19)21-9-10-23-26(31-21)27(33-32-23)24-14-20-22(30-24)7-6-8-25(20)34-11-4-3-5-12-34/h6-10,13-17,29-30H,3-5,11-12H2,1-2H3,(H,32,33). The Morgan fingerprint density at radius 2 is 1.85 bits per heavy atom. The smallest absolute Gasteiger partial charge is 0.135 e. The third kappa shape index (κ3) is 3.77. The van der Waals surface area contributed by atoms with Crippen LogP contribution in [0.4, 0.5) is 11.4 Å². The quantitative estimate of drug-likeness (QED) is 0.306. The van der Waals surface area contributed by atoms with Gasteiger partial charge >= 0.3 is 0 Å². The molecule has 0 radical (unpaired) electrons. The zero-order chi connectivity index (χ0) is 23.1. The van der Waals surface area contributed by atoms with Crippen LogP contribution in [0.3, 0.4) is 0 Å². The molecule has 1 fully saturated rings. The average Bonchev–Trinajstić information content (AvgIpc) is 3.48. The van der Waals surface area contributed by atoms with Gasteiger partial charge in [0.05, 0.1) is 22.6 Å². The van der Waals surface area contributed by atoms with Crippen molar-refractivity contribution >= 4 is 33.3 Å². The molecule has 4 aromatic heterocycles. The first-order chi connectivity index (χ1) is 16.7. The third-order valence-corrected chi connectivity index (χ3v) is 6.49. The number of H-pyrrole nitrogens is 2. The molecule has 172 valence electrons. The number of hydrogen-bond acceptors (Lipinski definition) is 5. The van der Waals surface area contributed by atoms with Crippen LogP contribution in [-0.2, 0) is 0 Å². The van der Waals surface area contributed by atoms with Crippen LogP contribution in [0.15, 0.2) is 54.9 Å². The van der Waals surface area contributed by atoms with E-state index in [9.17, 15) is 0 Å². The van der Waals surface area contributed by atoms with Crippen LogP contribution in [0.1, 0.15) is 33.1 Å². The van der Waals surface area contributed by atoms with Gasteiger partial charge in [-0.1, -0.05) is 6.07 Å². The number of aromatic amines is 2. The molecule has 1 saturated heterocycles. The molecule has 5 heterocycles. The number of aromatic nitrogens is 5. The molecule has 5 aromatic rings. The van der Waals surface area contributed by atoms with Crippen molar-refractivity contribution in [3.8, 4) is 22.6 Å². The highest BCUT2D eigenvalue weighted by molar-refractivity contribution is 5.99. The summed E-state index contributed by atoms with van der Waals surface area (Å²) in [5.41, 5.74) is 8.84. The zero-order valence-electron chi connectivity index (χ0n) is 19.6. The maximum Gasteiger partial charge on any atom is 0.135 e. The highest BCUT2D eigenvalue weighted by Gasteiger charge is 2.18. The lowest BCUT2D eigenvalue weighted by Crippen LogP contribution is -2.29. The van der Waals surface area contributed by atoms with E-state index < -0.39 is 0 Å². The fourth-order valence-electron chi connectivity index (χ4n) is 4.92. The number of benzene rings is 1. The highest BCUT2D eigenvalue weighted by Crippen LogP contribution is 2.34. The Morgan fingerprint density at radius 3 is 2.71 bits per heavy atom. The van der Waals surface area contributed by atoms with Crippen molar-refractivity contribution in [2.24, 2.45) is 0 Å². The number of fused-ring (bicyclic) bond motifs is 2. The van der Waals surface area contributed by atoms with Crippen LogP contribution in [-0.4, -0.2) is 44.3 Å². The van der Waals surface area contributed by atoms with E-state index in [0.717, 1.165) is 58.0 Å². The van der Waals surface area contributed by atoms with Gasteiger partial charge in [-0.2, -0.15) is 5.10 Å². The normalized spacial score (nSPS) is 14.4. The average molecular weight is 452 g/mol. The van der Waals surface area contributed by atoms with Gasteiger partial charge in [-0.25, -0.2) is 4.98 Å². The van der Waals surface area contributed by atoms with Crippen molar-refractivity contribution in [1.29, 1.82) is 0 Å². The topological polar surface area (TPSA) is 85.5 Å². The van der Waals surface area contributed by atoms with Crippen molar-refractivity contribution in [3.63, 3.8) is 0 Å². The second kappa shape index (κ2) is 8.48.